The molecule has 0 unspecified atom stereocenters. The van der Waals surface area contributed by atoms with E-state index >= 15 is 0 Å². The molecule has 2 heterocycles. The van der Waals surface area contributed by atoms with Gasteiger partial charge in [-0.2, -0.15) is 9.97 Å². The van der Waals surface area contributed by atoms with Crippen LogP contribution >= 0.6 is 0 Å². The van der Waals surface area contributed by atoms with Crippen molar-refractivity contribution >= 4 is 22.9 Å². The SMILES string of the molecule is CCOCCN(C)c1nc(NC)nc2nc[nH]c12. The summed E-state index contributed by atoms with van der Waals surface area (Å²) in [7, 11) is 3.76. The van der Waals surface area contributed by atoms with Gasteiger partial charge in [0.2, 0.25) is 5.95 Å². The first-order valence-electron chi connectivity index (χ1n) is 5.94. The minimum Gasteiger partial charge on any atom is -0.380 e. The normalized spacial score (nSPS) is 10.8. The Bertz CT molecular complexity index is 511. The third-order valence-corrected chi connectivity index (χ3v) is 2.63. The van der Waals surface area contributed by atoms with Crippen LogP contribution in [-0.2, 0) is 4.74 Å². The van der Waals surface area contributed by atoms with Crippen LogP contribution in [0.25, 0.3) is 11.2 Å². The van der Waals surface area contributed by atoms with Crippen LogP contribution in [0.4, 0.5) is 11.8 Å². The number of nitrogens with zero attached hydrogens (tertiary/aromatic N) is 4. The average molecular weight is 250 g/mol. The first kappa shape index (κ1) is 12.6. The van der Waals surface area contributed by atoms with Gasteiger partial charge in [-0.15, -0.1) is 0 Å². The van der Waals surface area contributed by atoms with E-state index in [-0.39, 0.29) is 0 Å². The molecule has 0 aliphatic heterocycles. The molecule has 7 nitrogen and oxygen atoms in total. The fraction of sp³-hybridized carbons (Fsp3) is 0.545. The van der Waals surface area contributed by atoms with Crippen molar-refractivity contribution in [2.45, 2.75) is 6.92 Å². The van der Waals surface area contributed by atoms with Crippen LogP contribution in [0.15, 0.2) is 6.33 Å². The van der Waals surface area contributed by atoms with Gasteiger partial charge in [0.15, 0.2) is 11.5 Å². The van der Waals surface area contributed by atoms with E-state index in [0.29, 0.717) is 18.2 Å². The summed E-state index contributed by atoms with van der Waals surface area (Å²) in [5, 5.41) is 2.94. The number of anilines is 2. The van der Waals surface area contributed by atoms with Gasteiger partial charge in [0.05, 0.1) is 12.9 Å². The smallest absolute Gasteiger partial charge is 0.226 e. The second-order valence-corrected chi connectivity index (χ2v) is 3.84. The van der Waals surface area contributed by atoms with Crippen LogP contribution in [0, 0.1) is 0 Å². The molecular formula is C11H18N6O. The van der Waals surface area contributed by atoms with Crippen molar-refractivity contribution in [2.75, 3.05) is 44.1 Å². The molecule has 7 heteroatoms. The zero-order valence-corrected chi connectivity index (χ0v) is 10.9. The maximum Gasteiger partial charge on any atom is 0.226 e. The zero-order valence-electron chi connectivity index (χ0n) is 10.9. The summed E-state index contributed by atoms with van der Waals surface area (Å²) in [5.41, 5.74) is 1.50. The molecule has 2 rings (SSSR count). The number of ether oxygens (including phenoxy) is 1. The van der Waals surface area contributed by atoms with Crippen molar-refractivity contribution < 1.29 is 4.74 Å². The van der Waals surface area contributed by atoms with Gasteiger partial charge in [0.25, 0.3) is 0 Å². The number of hydrogen-bond acceptors (Lipinski definition) is 6. The first-order chi connectivity index (χ1) is 8.76. The monoisotopic (exact) mass is 250 g/mol. The molecule has 0 aliphatic rings. The molecule has 0 fully saturated rings. The van der Waals surface area contributed by atoms with Crippen LogP contribution in [0.1, 0.15) is 6.92 Å². The van der Waals surface area contributed by atoms with E-state index in [1.54, 1.807) is 13.4 Å². The highest BCUT2D eigenvalue weighted by atomic mass is 16.5. The van der Waals surface area contributed by atoms with Gasteiger partial charge in [0, 0.05) is 27.2 Å². The van der Waals surface area contributed by atoms with E-state index in [1.165, 1.54) is 0 Å². The molecule has 0 saturated carbocycles. The van der Waals surface area contributed by atoms with E-state index in [0.717, 1.165) is 24.5 Å². The Morgan fingerprint density at radius 2 is 2.28 bits per heavy atom. The lowest BCUT2D eigenvalue weighted by molar-refractivity contribution is 0.154. The van der Waals surface area contributed by atoms with E-state index in [2.05, 4.69) is 25.3 Å². The Morgan fingerprint density at radius 1 is 1.44 bits per heavy atom. The number of hydrogen-bond donors (Lipinski definition) is 2. The van der Waals surface area contributed by atoms with E-state index in [4.69, 9.17) is 4.74 Å². The highest BCUT2D eigenvalue weighted by molar-refractivity contribution is 5.84. The predicted molar refractivity (Wildman–Crippen MR) is 71.0 cm³/mol. The van der Waals surface area contributed by atoms with Crippen LogP contribution in [0.5, 0.6) is 0 Å². The van der Waals surface area contributed by atoms with Crippen molar-refractivity contribution in [3.8, 4) is 0 Å². The third-order valence-electron chi connectivity index (χ3n) is 2.63. The van der Waals surface area contributed by atoms with Gasteiger partial charge in [-0.1, -0.05) is 0 Å². The molecule has 0 amide bonds. The number of aromatic nitrogens is 4. The fourth-order valence-electron chi connectivity index (χ4n) is 1.66. The molecule has 0 atom stereocenters. The molecule has 2 N–H and O–H groups in total. The second-order valence-electron chi connectivity index (χ2n) is 3.84. The Hall–Kier alpha value is -1.89. The molecule has 0 aromatic carbocycles. The minimum atomic E-state index is 0.563. The van der Waals surface area contributed by atoms with E-state index in [9.17, 15) is 0 Å². The van der Waals surface area contributed by atoms with Crippen LogP contribution in [0.2, 0.25) is 0 Å². The van der Waals surface area contributed by atoms with Crippen LogP contribution in [-0.4, -0.2) is 53.8 Å². The topological polar surface area (TPSA) is 79.0 Å². The Morgan fingerprint density at radius 3 is 3.00 bits per heavy atom. The summed E-state index contributed by atoms with van der Waals surface area (Å²) in [6.45, 7) is 4.14. The molecule has 98 valence electrons. The molecule has 0 bridgehead atoms. The molecule has 0 aliphatic carbocycles. The number of aromatic amines is 1. The van der Waals surface area contributed by atoms with Crippen LogP contribution in [0.3, 0.4) is 0 Å². The number of rotatable bonds is 6. The van der Waals surface area contributed by atoms with Crippen molar-refractivity contribution in [1.29, 1.82) is 0 Å². The summed E-state index contributed by atoms with van der Waals surface area (Å²) in [4.78, 5) is 18.0. The van der Waals surface area contributed by atoms with Gasteiger partial charge in [-0.05, 0) is 6.92 Å². The lowest BCUT2D eigenvalue weighted by atomic mass is 10.4. The minimum absolute atomic E-state index is 0.563. The van der Waals surface area contributed by atoms with Gasteiger partial charge in [0.1, 0.15) is 5.52 Å². The van der Waals surface area contributed by atoms with Gasteiger partial charge < -0.3 is 19.9 Å². The second kappa shape index (κ2) is 5.63. The third kappa shape index (κ3) is 2.51. The molecule has 18 heavy (non-hydrogen) atoms. The lowest BCUT2D eigenvalue weighted by Crippen LogP contribution is -2.24. The summed E-state index contributed by atoms with van der Waals surface area (Å²) < 4.78 is 5.35. The Kier molecular flexibility index (Phi) is 3.93. The van der Waals surface area contributed by atoms with Crippen molar-refractivity contribution in [1.82, 2.24) is 19.9 Å². The van der Waals surface area contributed by atoms with Crippen molar-refractivity contribution in [3.05, 3.63) is 6.33 Å². The number of nitrogens with one attached hydrogen (secondary N) is 2. The largest absolute Gasteiger partial charge is 0.380 e. The van der Waals surface area contributed by atoms with E-state index < -0.39 is 0 Å². The van der Waals surface area contributed by atoms with Gasteiger partial charge in [-0.3, -0.25) is 0 Å². The average Bonchev–Trinajstić information content (AvgIpc) is 2.85. The maximum absolute atomic E-state index is 5.35. The molecular weight excluding hydrogens is 232 g/mol. The molecule has 2 aromatic rings. The number of imidazole rings is 1. The Balaban J connectivity index is 2.27. The predicted octanol–water partition coefficient (Wildman–Crippen LogP) is 0.867. The number of fused-ring (bicyclic) bond motifs is 1. The standard InChI is InChI=1S/C11H18N6O/c1-4-18-6-5-17(3)10-8-9(14-7-13-8)15-11(12-2)16-10/h7H,4-6H2,1-3H3,(H2,12,13,14,15,16). The molecule has 0 radical (unpaired) electrons. The summed E-state index contributed by atoms with van der Waals surface area (Å²) in [6.07, 6.45) is 1.62. The summed E-state index contributed by atoms with van der Waals surface area (Å²) in [5.74, 6) is 1.38. The van der Waals surface area contributed by atoms with Crippen molar-refractivity contribution in [2.24, 2.45) is 0 Å². The number of likely N-dealkylation sites (N-methyl/N-ethyl adjacent to an activating group) is 1. The lowest BCUT2D eigenvalue weighted by Gasteiger charge is -2.18. The maximum atomic E-state index is 5.35. The number of H-pyrrole nitrogens is 1. The van der Waals surface area contributed by atoms with E-state index in [1.807, 2.05) is 18.9 Å². The first-order valence-corrected chi connectivity index (χ1v) is 5.94. The zero-order chi connectivity index (χ0) is 13.0. The Labute approximate surface area is 106 Å². The fourth-order valence-corrected chi connectivity index (χ4v) is 1.66. The quantitative estimate of drug-likeness (QED) is 0.740. The molecule has 2 aromatic heterocycles. The summed E-state index contributed by atoms with van der Waals surface area (Å²) in [6, 6.07) is 0. The van der Waals surface area contributed by atoms with Crippen LogP contribution < -0.4 is 10.2 Å². The van der Waals surface area contributed by atoms with Crippen molar-refractivity contribution in [3.63, 3.8) is 0 Å². The molecule has 0 spiro atoms. The highest BCUT2D eigenvalue weighted by Crippen LogP contribution is 2.21. The highest BCUT2D eigenvalue weighted by Gasteiger charge is 2.12. The summed E-state index contributed by atoms with van der Waals surface area (Å²) >= 11 is 0. The molecule has 0 saturated heterocycles. The van der Waals surface area contributed by atoms with Gasteiger partial charge in [-0.25, -0.2) is 4.98 Å². The van der Waals surface area contributed by atoms with Gasteiger partial charge >= 0.3 is 0 Å².